The summed E-state index contributed by atoms with van der Waals surface area (Å²) in [5.41, 5.74) is 1.07. The minimum absolute atomic E-state index is 0.0390. The van der Waals surface area contributed by atoms with Crippen molar-refractivity contribution in [3.63, 3.8) is 0 Å². The molecule has 5 heteroatoms. The number of nitrogens with one attached hydrogen (secondary N) is 2. The molecule has 3 amide bonds. The number of hydrogen-bond acceptors (Lipinski definition) is 2. The maximum absolute atomic E-state index is 12.1. The first-order valence-electron chi connectivity index (χ1n) is 8.45. The van der Waals surface area contributed by atoms with Crippen LogP contribution in [0.4, 0.5) is 4.79 Å². The van der Waals surface area contributed by atoms with Gasteiger partial charge in [-0.15, -0.1) is 0 Å². The normalized spacial score (nSPS) is 17.0. The van der Waals surface area contributed by atoms with Gasteiger partial charge in [0.25, 0.3) is 0 Å². The standard InChI is InChI=1S/C19H23N3O2/c1-2-18(23)22-10-9-17(13-22)21-19(24)20-12-14-7-8-15-5-3-4-6-16(15)11-14/h3-8,11,17H,2,9-10,12-13H2,1H3,(H2,20,21,24). The van der Waals surface area contributed by atoms with E-state index in [-0.39, 0.29) is 18.0 Å². The maximum Gasteiger partial charge on any atom is 0.315 e. The van der Waals surface area contributed by atoms with Gasteiger partial charge < -0.3 is 15.5 Å². The highest BCUT2D eigenvalue weighted by molar-refractivity contribution is 5.83. The van der Waals surface area contributed by atoms with E-state index in [4.69, 9.17) is 0 Å². The van der Waals surface area contributed by atoms with Crippen LogP contribution in [-0.4, -0.2) is 36.0 Å². The summed E-state index contributed by atoms with van der Waals surface area (Å²) in [7, 11) is 0. The number of carbonyl (C=O) groups is 2. The molecule has 0 spiro atoms. The number of nitrogens with zero attached hydrogens (tertiary/aromatic N) is 1. The summed E-state index contributed by atoms with van der Waals surface area (Å²) in [6.07, 6.45) is 1.33. The third-order valence-corrected chi connectivity index (χ3v) is 4.45. The Morgan fingerprint density at radius 1 is 1.17 bits per heavy atom. The van der Waals surface area contributed by atoms with Gasteiger partial charge in [-0.1, -0.05) is 43.3 Å². The number of amides is 3. The summed E-state index contributed by atoms with van der Waals surface area (Å²) < 4.78 is 0. The highest BCUT2D eigenvalue weighted by Gasteiger charge is 2.26. The van der Waals surface area contributed by atoms with Crippen molar-refractivity contribution < 1.29 is 9.59 Å². The molecule has 126 valence electrons. The Balaban J connectivity index is 1.49. The van der Waals surface area contributed by atoms with Crippen LogP contribution >= 0.6 is 0 Å². The first-order valence-corrected chi connectivity index (χ1v) is 8.45. The van der Waals surface area contributed by atoms with E-state index in [9.17, 15) is 9.59 Å². The van der Waals surface area contributed by atoms with E-state index in [2.05, 4.69) is 34.9 Å². The molecule has 2 N–H and O–H groups in total. The molecule has 24 heavy (non-hydrogen) atoms. The molecule has 2 aromatic carbocycles. The van der Waals surface area contributed by atoms with Crippen LogP contribution in [0.2, 0.25) is 0 Å². The fourth-order valence-corrected chi connectivity index (χ4v) is 3.10. The summed E-state index contributed by atoms with van der Waals surface area (Å²) in [6.45, 7) is 3.68. The number of urea groups is 1. The van der Waals surface area contributed by atoms with Gasteiger partial charge in [0.05, 0.1) is 0 Å². The quantitative estimate of drug-likeness (QED) is 0.908. The first kappa shape index (κ1) is 16.3. The van der Waals surface area contributed by atoms with Crippen molar-refractivity contribution in [2.24, 2.45) is 0 Å². The largest absolute Gasteiger partial charge is 0.341 e. The number of fused-ring (bicyclic) bond motifs is 1. The average Bonchev–Trinajstić information content (AvgIpc) is 3.07. The van der Waals surface area contributed by atoms with Crippen molar-refractivity contribution in [2.45, 2.75) is 32.4 Å². The lowest BCUT2D eigenvalue weighted by Crippen LogP contribution is -2.43. The third-order valence-electron chi connectivity index (χ3n) is 4.45. The summed E-state index contributed by atoms with van der Waals surface area (Å²) in [5.74, 6) is 0.149. The van der Waals surface area contributed by atoms with Crippen LogP contribution in [0, 0.1) is 0 Å². The zero-order chi connectivity index (χ0) is 16.9. The van der Waals surface area contributed by atoms with E-state index < -0.39 is 0 Å². The molecular weight excluding hydrogens is 302 g/mol. The second-order valence-corrected chi connectivity index (χ2v) is 6.19. The molecular formula is C19H23N3O2. The first-order chi connectivity index (χ1) is 11.7. The van der Waals surface area contributed by atoms with Gasteiger partial charge in [0, 0.05) is 32.1 Å². The van der Waals surface area contributed by atoms with Gasteiger partial charge in [-0.3, -0.25) is 4.79 Å². The number of rotatable bonds is 4. The van der Waals surface area contributed by atoms with Gasteiger partial charge in [0.1, 0.15) is 0 Å². The number of hydrogen-bond donors (Lipinski definition) is 2. The van der Waals surface area contributed by atoms with Crippen LogP contribution in [0.25, 0.3) is 10.8 Å². The molecule has 1 unspecified atom stereocenters. The van der Waals surface area contributed by atoms with Gasteiger partial charge in [-0.25, -0.2) is 4.79 Å². The van der Waals surface area contributed by atoms with Gasteiger partial charge in [-0.05, 0) is 28.8 Å². The highest BCUT2D eigenvalue weighted by Crippen LogP contribution is 2.15. The van der Waals surface area contributed by atoms with Crippen molar-refractivity contribution >= 4 is 22.7 Å². The predicted octanol–water partition coefficient (Wildman–Crippen LogP) is 2.65. The Morgan fingerprint density at radius 3 is 2.75 bits per heavy atom. The lowest BCUT2D eigenvalue weighted by Gasteiger charge is -2.16. The molecule has 5 nitrogen and oxygen atoms in total. The topological polar surface area (TPSA) is 61.4 Å². The number of likely N-dealkylation sites (tertiary alicyclic amines) is 1. The Labute approximate surface area is 142 Å². The van der Waals surface area contributed by atoms with Crippen LogP contribution in [0.1, 0.15) is 25.3 Å². The van der Waals surface area contributed by atoms with Crippen LogP contribution in [0.3, 0.4) is 0 Å². The van der Waals surface area contributed by atoms with Gasteiger partial charge in [0.2, 0.25) is 5.91 Å². The Hall–Kier alpha value is -2.56. The Kier molecular flexibility index (Phi) is 4.99. The summed E-state index contributed by atoms with van der Waals surface area (Å²) in [5, 5.41) is 8.21. The minimum Gasteiger partial charge on any atom is -0.341 e. The maximum atomic E-state index is 12.1. The smallest absolute Gasteiger partial charge is 0.315 e. The predicted molar refractivity (Wildman–Crippen MR) is 94.6 cm³/mol. The van der Waals surface area contributed by atoms with E-state index in [1.165, 1.54) is 10.8 Å². The van der Waals surface area contributed by atoms with E-state index in [0.29, 0.717) is 19.5 Å². The molecule has 1 atom stereocenters. The molecule has 1 aliphatic heterocycles. The fourth-order valence-electron chi connectivity index (χ4n) is 3.10. The second-order valence-electron chi connectivity index (χ2n) is 6.19. The number of carbonyl (C=O) groups excluding carboxylic acids is 2. The fraction of sp³-hybridized carbons (Fsp3) is 0.368. The lowest BCUT2D eigenvalue weighted by atomic mass is 10.1. The zero-order valence-corrected chi connectivity index (χ0v) is 13.9. The van der Waals surface area contributed by atoms with E-state index in [1.54, 1.807) is 0 Å². The van der Waals surface area contributed by atoms with E-state index >= 15 is 0 Å². The molecule has 0 radical (unpaired) electrons. The van der Waals surface area contributed by atoms with Crippen LogP contribution in [0.15, 0.2) is 42.5 Å². The molecule has 1 heterocycles. The molecule has 3 rings (SSSR count). The van der Waals surface area contributed by atoms with Crippen molar-refractivity contribution in [3.8, 4) is 0 Å². The molecule has 0 bridgehead atoms. The Morgan fingerprint density at radius 2 is 1.96 bits per heavy atom. The number of benzene rings is 2. The summed E-state index contributed by atoms with van der Waals surface area (Å²) in [4.78, 5) is 25.5. The van der Waals surface area contributed by atoms with E-state index in [1.807, 2.05) is 30.0 Å². The molecule has 0 aromatic heterocycles. The van der Waals surface area contributed by atoms with Crippen molar-refractivity contribution in [1.82, 2.24) is 15.5 Å². The highest BCUT2D eigenvalue weighted by atomic mass is 16.2. The van der Waals surface area contributed by atoms with Crippen molar-refractivity contribution in [3.05, 3.63) is 48.0 Å². The molecule has 1 fully saturated rings. The molecule has 0 saturated carbocycles. The zero-order valence-electron chi connectivity index (χ0n) is 13.9. The van der Waals surface area contributed by atoms with Crippen LogP contribution < -0.4 is 10.6 Å². The summed E-state index contributed by atoms with van der Waals surface area (Å²) >= 11 is 0. The van der Waals surface area contributed by atoms with Gasteiger partial charge in [0.15, 0.2) is 0 Å². The minimum atomic E-state index is -0.182. The SMILES string of the molecule is CCC(=O)N1CCC(NC(=O)NCc2ccc3ccccc3c2)C1. The van der Waals surface area contributed by atoms with Crippen molar-refractivity contribution in [2.75, 3.05) is 13.1 Å². The third kappa shape index (κ3) is 3.85. The molecule has 1 saturated heterocycles. The molecule has 0 aliphatic carbocycles. The van der Waals surface area contributed by atoms with E-state index in [0.717, 1.165) is 18.5 Å². The molecule has 2 aromatic rings. The van der Waals surface area contributed by atoms with Gasteiger partial charge in [-0.2, -0.15) is 0 Å². The Bertz CT molecular complexity index is 744. The van der Waals surface area contributed by atoms with Crippen molar-refractivity contribution in [1.29, 1.82) is 0 Å². The molecule has 1 aliphatic rings. The van der Waals surface area contributed by atoms with Crippen LogP contribution in [0.5, 0.6) is 0 Å². The van der Waals surface area contributed by atoms with Gasteiger partial charge >= 0.3 is 6.03 Å². The second kappa shape index (κ2) is 7.34. The lowest BCUT2D eigenvalue weighted by molar-refractivity contribution is -0.129. The van der Waals surface area contributed by atoms with Crippen LogP contribution in [-0.2, 0) is 11.3 Å². The average molecular weight is 325 g/mol. The summed E-state index contributed by atoms with van der Waals surface area (Å²) in [6, 6.07) is 14.2. The monoisotopic (exact) mass is 325 g/mol.